The lowest BCUT2D eigenvalue weighted by atomic mass is 9.91. The summed E-state index contributed by atoms with van der Waals surface area (Å²) in [5, 5.41) is 5.08. The van der Waals surface area contributed by atoms with E-state index >= 15 is 0 Å². The Bertz CT molecular complexity index is 1140. The van der Waals surface area contributed by atoms with E-state index in [1.165, 1.54) is 0 Å². The quantitative estimate of drug-likeness (QED) is 0.183. The highest BCUT2D eigenvalue weighted by molar-refractivity contribution is 5.96. The van der Waals surface area contributed by atoms with E-state index in [1.54, 1.807) is 79.7 Å². The SMILES string of the molecule is CC(C)[C@H](NC(=O)[C@H](CCC(=O)OC(C)(C)C)CC(=O)[C@H](CC(=O)OC(C)(C)C)NC(=O)OCc1ccccc1)C(=O)CN. The molecule has 12 heteroatoms. The van der Waals surface area contributed by atoms with Crippen molar-refractivity contribution < 1.29 is 43.0 Å². The minimum absolute atomic E-state index is 0.0767. The molecule has 1 aromatic rings. The summed E-state index contributed by atoms with van der Waals surface area (Å²) >= 11 is 0. The number of alkyl carbamates (subject to hydrolysis) is 1. The number of ether oxygens (including phenoxy) is 3. The summed E-state index contributed by atoms with van der Waals surface area (Å²) < 4.78 is 15.9. The van der Waals surface area contributed by atoms with Crippen molar-refractivity contribution >= 4 is 35.5 Å². The van der Waals surface area contributed by atoms with Crippen LogP contribution in [0.15, 0.2) is 30.3 Å². The van der Waals surface area contributed by atoms with Crippen LogP contribution in [0.1, 0.15) is 86.6 Å². The molecule has 246 valence electrons. The smallest absolute Gasteiger partial charge is 0.408 e. The van der Waals surface area contributed by atoms with Crippen LogP contribution in [0, 0.1) is 11.8 Å². The number of ketones is 2. The Morgan fingerprint density at radius 1 is 0.795 bits per heavy atom. The van der Waals surface area contributed by atoms with E-state index in [4.69, 9.17) is 19.9 Å². The van der Waals surface area contributed by atoms with Gasteiger partial charge in [0.1, 0.15) is 23.9 Å². The van der Waals surface area contributed by atoms with E-state index in [0.717, 1.165) is 0 Å². The van der Waals surface area contributed by atoms with Gasteiger partial charge in [0.05, 0.1) is 19.0 Å². The van der Waals surface area contributed by atoms with Crippen molar-refractivity contribution in [1.82, 2.24) is 10.6 Å². The molecule has 0 bridgehead atoms. The highest BCUT2D eigenvalue weighted by Crippen LogP contribution is 2.19. The monoisotopic (exact) mass is 619 g/mol. The van der Waals surface area contributed by atoms with Gasteiger partial charge in [-0.2, -0.15) is 0 Å². The molecule has 2 amide bonds. The Balaban J connectivity index is 3.20. The van der Waals surface area contributed by atoms with Gasteiger partial charge in [-0.25, -0.2) is 4.79 Å². The number of carbonyl (C=O) groups excluding carboxylic acids is 6. The van der Waals surface area contributed by atoms with Gasteiger partial charge in [-0.3, -0.25) is 24.0 Å². The van der Waals surface area contributed by atoms with Crippen molar-refractivity contribution in [3.8, 4) is 0 Å². The van der Waals surface area contributed by atoms with Gasteiger partial charge in [-0.1, -0.05) is 44.2 Å². The molecule has 1 aromatic carbocycles. The van der Waals surface area contributed by atoms with Crippen molar-refractivity contribution in [2.45, 2.75) is 111 Å². The Kier molecular flexibility index (Phi) is 15.2. The van der Waals surface area contributed by atoms with Crippen LogP contribution in [0.4, 0.5) is 4.79 Å². The topological polar surface area (TPSA) is 180 Å². The van der Waals surface area contributed by atoms with Gasteiger partial charge in [0.2, 0.25) is 5.91 Å². The lowest BCUT2D eigenvalue weighted by Crippen LogP contribution is -2.50. The molecule has 0 spiro atoms. The van der Waals surface area contributed by atoms with Crippen molar-refractivity contribution in [2.75, 3.05) is 6.54 Å². The molecule has 0 heterocycles. The molecule has 0 saturated heterocycles. The molecule has 12 nitrogen and oxygen atoms in total. The summed E-state index contributed by atoms with van der Waals surface area (Å²) in [4.78, 5) is 77.2. The number of nitrogens with two attached hydrogens (primary N) is 1. The number of rotatable bonds is 16. The van der Waals surface area contributed by atoms with Crippen LogP contribution in [0.2, 0.25) is 0 Å². The van der Waals surface area contributed by atoms with Gasteiger partial charge in [0, 0.05) is 18.8 Å². The molecule has 0 aromatic heterocycles. The van der Waals surface area contributed by atoms with Gasteiger partial charge in [0.25, 0.3) is 0 Å². The van der Waals surface area contributed by atoms with E-state index in [9.17, 15) is 28.8 Å². The molecule has 0 aliphatic heterocycles. The molecule has 0 aliphatic rings. The summed E-state index contributed by atoms with van der Waals surface area (Å²) in [6.45, 7) is 13.2. The van der Waals surface area contributed by atoms with Gasteiger partial charge in [-0.15, -0.1) is 0 Å². The first kappa shape index (κ1) is 38.2. The number of carbonyl (C=O) groups is 6. The Hall–Kier alpha value is -3.80. The lowest BCUT2D eigenvalue weighted by Gasteiger charge is -2.26. The van der Waals surface area contributed by atoms with Crippen LogP contribution < -0.4 is 16.4 Å². The zero-order chi connectivity index (χ0) is 33.7. The Morgan fingerprint density at radius 2 is 1.36 bits per heavy atom. The predicted molar refractivity (Wildman–Crippen MR) is 163 cm³/mol. The maximum atomic E-state index is 13.6. The van der Waals surface area contributed by atoms with Crippen LogP contribution in [0.3, 0.4) is 0 Å². The van der Waals surface area contributed by atoms with Crippen molar-refractivity contribution in [3.63, 3.8) is 0 Å². The third-order valence-electron chi connectivity index (χ3n) is 6.13. The number of benzene rings is 1. The first-order chi connectivity index (χ1) is 20.3. The number of hydrogen-bond donors (Lipinski definition) is 3. The average molecular weight is 620 g/mol. The number of hydrogen-bond acceptors (Lipinski definition) is 10. The first-order valence-electron chi connectivity index (χ1n) is 14.8. The second-order valence-corrected chi connectivity index (χ2v) is 12.9. The van der Waals surface area contributed by atoms with Crippen LogP contribution in [0.25, 0.3) is 0 Å². The number of esters is 2. The average Bonchev–Trinajstić information content (AvgIpc) is 2.90. The van der Waals surface area contributed by atoms with Crippen molar-refractivity contribution in [3.05, 3.63) is 35.9 Å². The summed E-state index contributed by atoms with van der Waals surface area (Å²) in [5.74, 6) is -4.41. The number of amides is 2. The largest absolute Gasteiger partial charge is 0.460 e. The molecule has 3 atom stereocenters. The van der Waals surface area contributed by atoms with Gasteiger partial charge >= 0.3 is 18.0 Å². The fourth-order valence-electron chi connectivity index (χ4n) is 4.11. The maximum absolute atomic E-state index is 13.6. The zero-order valence-electron chi connectivity index (χ0n) is 27.2. The molecule has 1 rings (SSSR count). The molecule has 44 heavy (non-hydrogen) atoms. The highest BCUT2D eigenvalue weighted by Gasteiger charge is 2.33. The molecule has 0 radical (unpaired) electrons. The van der Waals surface area contributed by atoms with E-state index in [1.807, 2.05) is 6.07 Å². The van der Waals surface area contributed by atoms with Gasteiger partial charge in [0.15, 0.2) is 11.6 Å². The molecule has 4 N–H and O–H groups in total. The van der Waals surface area contributed by atoms with Crippen LogP contribution in [-0.2, 0) is 44.8 Å². The summed E-state index contributed by atoms with van der Waals surface area (Å²) in [7, 11) is 0. The third-order valence-corrected chi connectivity index (χ3v) is 6.13. The minimum Gasteiger partial charge on any atom is -0.460 e. The van der Waals surface area contributed by atoms with Crippen LogP contribution >= 0.6 is 0 Å². The van der Waals surface area contributed by atoms with E-state index in [2.05, 4.69) is 10.6 Å². The maximum Gasteiger partial charge on any atom is 0.408 e. The third kappa shape index (κ3) is 15.6. The van der Waals surface area contributed by atoms with Crippen molar-refractivity contribution in [2.24, 2.45) is 17.6 Å². The number of nitrogens with one attached hydrogen (secondary N) is 2. The second-order valence-electron chi connectivity index (χ2n) is 12.9. The molecular formula is C32H49N3O9. The summed E-state index contributed by atoms with van der Waals surface area (Å²) in [5.41, 5.74) is 4.63. The molecule has 0 saturated carbocycles. The normalized spacial score (nSPS) is 13.7. The zero-order valence-corrected chi connectivity index (χ0v) is 27.2. The lowest BCUT2D eigenvalue weighted by molar-refractivity contribution is -0.156. The van der Waals surface area contributed by atoms with E-state index in [0.29, 0.717) is 5.56 Å². The van der Waals surface area contributed by atoms with Crippen LogP contribution in [-0.4, -0.2) is 65.3 Å². The number of Topliss-reactive ketones (excluding diaryl/α,β-unsaturated/α-hetero) is 2. The fraction of sp³-hybridized carbons (Fsp3) is 0.625. The van der Waals surface area contributed by atoms with E-state index < -0.39 is 77.6 Å². The molecule has 0 unspecified atom stereocenters. The van der Waals surface area contributed by atoms with Crippen molar-refractivity contribution in [1.29, 1.82) is 0 Å². The highest BCUT2D eigenvalue weighted by atomic mass is 16.6. The second kappa shape index (κ2) is 17.5. The van der Waals surface area contributed by atoms with Crippen LogP contribution in [0.5, 0.6) is 0 Å². The standard InChI is InChI=1S/C32H49N3O9/c1-20(2)28(25(37)18-33)35-29(40)22(14-15-26(38)43-31(3,4)5)16-24(36)23(17-27(39)44-32(6,7)8)34-30(41)42-19-21-12-10-9-11-13-21/h9-13,20,22-23,28H,14-19,33H2,1-8H3,(H,34,41)(H,35,40)/t22-,23+,28+/m1/s1. The van der Waals surface area contributed by atoms with Gasteiger partial charge in [-0.05, 0) is 59.4 Å². The summed E-state index contributed by atoms with van der Waals surface area (Å²) in [6.07, 6.45) is -2.20. The summed E-state index contributed by atoms with van der Waals surface area (Å²) in [6, 6.07) is 6.57. The van der Waals surface area contributed by atoms with E-state index in [-0.39, 0.29) is 31.9 Å². The molecular weight excluding hydrogens is 570 g/mol. The Morgan fingerprint density at radius 3 is 1.89 bits per heavy atom. The van der Waals surface area contributed by atoms with Gasteiger partial charge < -0.3 is 30.6 Å². The minimum atomic E-state index is -1.39. The Labute approximate surface area is 260 Å². The molecule has 0 fully saturated rings. The predicted octanol–water partition coefficient (Wildman–Crippen LogP) is 3.38. The first-order valence-corrected chi connectivity index (χ1v) is 14.8. The fourth-order valence-corrected chi connectivity index (χ4v) is 4.11. The molecule has 0 aliphatic carbocycles.